The summed E-state index contributed by atoms with van der Waals surface area (Å²) >= 11 is 0. The van der Waals surface area contributed by atoms with Crippen LogP contribution in [0.4, 0.5) is 4.79 Å². The average Bonchev–Trinajstić information content (AvgIpc) is 2.84. The maximum absolute atomic E-state index is 12.1. The van der Waals surface area contributed by atoms with Crippen molar-refractivity contribution in [3.05, 3.63) is 0 Å². The number of carbonyl (C=O) groups is 2. The van der Waals surface area contributed by atoms with Gasteiger partial charge in [-0.1, -0.05) is 13.8 Å². The molecule has 2 N–H and O–H groups in total. The highest BCUT2D eigenvalue weighted by molar-refractivity contribution is 5.76. The first-order valence-corrected chi connectivity index (χ1v) is 7.57. The highest BCUT2D eigenvalue weighted by atomic mass is 16.4. The van der Waals surface area contributed by atoms with Crippen molar-refractivity contribution in [3.8, 4) is 0 Å². The second-order valence-corrected chi connectivity index (χ2v) is 5.25. The molecule has 1 atom stereocenters. The molecule has 116 valence electrons. The Bertz CT molecular complexity index is 323. The maximum atomic E-state index is 12.1. The van der Waals surface area contributed by atoms with Gasteiger partial charge in [0.05, 0.1) is 6.42 Å². The second-order valence-electron chi connectivity index (χ2n) is 5.25. The normalized spacial score (nSPS) is 18.6. The van der Waals surface area contributed by atoms with Gasteiger partial charge in [0.15, 0.2) is 0 Å². The number of urea groups is 1. The Labute approximate surface area is 121 Å². The minimum Gasteiger partial charge on any atom is -0.481 e. The lowest BCUT2D eigenvalue weighted by Gasteiger charge is -2.25. The predicted octanol–water partition coefficient (Wildman–Crippen LogP) is 1.37. The number of carbonyl (C=O) groups excluding carboxylic acids is 1. The number of likely N-dealkylation sites (N-methyl/N-ethyl adjacent to an activating group) is 1. The first-order chi connectivity index (χ1) is 9.58. The van der Waals surface area contributed by atoms with Gasteiger partial charge in [-0.25, -0.2) is 4.79 Å². The van der Waals surface area contributed by atoms with Gasteiger partial charge in [-0.3, -0.25) is 4.79 Å². The lowest BCUT2D eigenvalue weighted by Crippen LogP contribution is -2.45. The summed E-state index contributed by atoms with van der Waals surface area (Å²) in [5.41, 5.74) is 0. The number of rotatable bonds is 8. The highest BCUT2D eigenvalue weighted by Crippen LogP contribution is 2.19. The van der Waals surface area contributed by atoms with E-state index in [1.165, 1.54) is 0 Å². The van der Waals surface area contributed by atoms with E-state index < -0.39 is 5.97 Å². The molecular weight excluding hydrogens is 258 g/mol. The Morgan fingerprint density at radius 3 is 2.70 bits per heavy atom. The molecule has 20 heavy (non-hydrogen) atoms. The molecule has 0 aromatic rings. The van der Waals surface area contributed by atoms with E-state index in [1.54, 1.807) is 4.90 Å². The van der Waals surface area contributed by atoms with Crippen LogP contribution < -0.4 is 5.32 Å². The van der Waals surface area contributed by atoms with Gasteiger partial charge in [0.1, 0.15) is 0 Å². The molecule has 1 fully saturated rings. The van der Waals surface area contributed by atoms with E-state index in [0.717, 1.165) is 38.9 Å². The summed E-state index contributed by atoms with van der Waals surface area (Å²) in [6.07, 6.45) is 2.83. The van der Waals surface area contributed by atoms with E-state index in [2.05, 4.69) is 24.1 Å². The molecule has 2 amide bonds. The summed E-state index contributed by atoms with van der Waals surface area (Å²) in [5, 5.41) is 11.8. The van der Waals surface area contributed by atoms with Crippen LogP contribution in [0.5, 0.6) is 0 Å². The average molecular weight is 285 g/mol. The lowest BCUT2D eigenvalue weighted by atomic mass is 10.1. The van der Waals surface area contributed by atoms with Crippen LogP contribution in [0.2, 0.25) is 0 Å². The Balaban J connectivity index is 2.32. The molecule has 0 radical (unpaired) electrons. The van der Waals surface area contributed by atoms with Crippen LogP contribution in [0.1, 0.15) is 39.5 Å². The molecule has 0 aromatic carbocycles. The molecule has 6 heteroatoms. The number of aliphatic carboxylic acids is 1. The molecule has 1 aliphatic rings. The minimum absolute atomic E-state index is 0.0460. The Morgan fingerprint density at radius 1 is 1.35 bits per heavy atom. The Morgan fingerprint density at radius 2 is 2.10 bits per heavy atom. The lowest BCUT2D eigenvalue weighted by molar-refractivity contribution is -0.137. The van der Waals surface area contributed by atoms with Gasteiger partial charge < -0.3 is 20.2 Å². The quantitative estimate of drug-likeness (QED) is 0.706. The van der Waals surface area contributed by atoms with Gasteiger partial charge in [-0.15, -0.1) is 0 Å². The van der Waals surface area contributed by atoms with E-state index in [9.17, 15) is 9.59 Å². The Kier molecular flexibility index (Phi) is 7.36. The van der Waals surface area contributed by atoms with Crippen molar-refractivity contribution in [1.29, 1.82) is 0 Å². The number of nitrogens with zero attached hydrogens (tertiary/aromatic N) is 2. The zero-order valence-electron chi connectivity index (χ0n) is 12.6. The summed E-state index contributed by atoms with van der Waals surface area (Å²) in [7, 11) is 0. The monoisotopic (exact) mass is 285 g/mol. The summed E-state index contributed by atoms with van der Waals surface area (Å²) < 4.78 is 0. The van der Waals surface area contributed by atoms with Crippen LogP contribution in [-0.4, -0.2) is 65.7 Å². The molecular formula is C14H27N3O3. The highest BCUT2D eigenvalue weighted by Gasteiger charge is 2.30. The van der Waals surface area contributed by atoms with Crippen molar-refractivity contribution in [1.82, 2.24) is 15.1 Å². The van der Waals surface area contributed by atoms with Crippen molar-refractivity contribution in [2.75, 3.05) is 32.7 Å². The third-order valence-electron chi connectivity index (χ3n) is 3.74. The van der Waals surface area contributed by atoms with Crippen molar-refractivity contribution in [3.63, 3.8) is 0 Å². The summed E-state index contributed by atoms with van der Waals surface area (Å²) in [6.45, 7) is 8.39. The van der Waals surface area contributed by atoms with Gasteiger partial charge >= 0.3 is 12.0 Å². The van der Waals surface area contributed by atoms with Gasteiger partial charge in [0.25, 0.3) is 0 Å². The molecule has 1 heterocycles. The van der Waals surface area contributed by atoms with E-state index in [0.29, 0.717) is 13.1 Å². The smallest absolute Gasteiger partial charge is 0.317 e. The first-order valence-electron chi connectivity index (χ1n) is 7.57. The van der Waals surface area contributed by atoms with Crippen LogP contribution >= 0.6 is 0 Å². The number of carboxylic acids is 1. The molecule has 0 aromatic heterocycles. The molecule has 1 unspecified atom stereocenters. The zero-order valence-corrected chi connectivity index (χ0v) is 12.6. The molecule has 0 spiro atoms. The summed E-state index contributed by atoms with van der Waals surface area (Å²) in [5.74, 6) is -0.838. The molecule has 0 aliphatic carbocycles. The summed E-state index contributed by atoms with van der Waals surface area (Å²) in [4.78, 5) is 26.8. The third kappa shape index (κ3) is 5.36. The molecule has 1 saturated heterocycles. The second kappa shape index (κ2) is 8.79. The van der Waals surface area contributed by atoms with E-state index >= 15 is 0 Å². The van der Waals surface area contributed by atoms with Crippen molar-refractivity contribution in [2.45, 2.75) is 45.6 Å². The van der Waals surface area contributed by atoms with Crippen LogP contribution in [0.3, 0.4) is 0 Å². The number of carboxylic acid groups (broad SMARTS) is 1. The fraction of sp³-hybridized carbons (Fsp3) is 0.857. The number of hydrogen-bond acceptors (Lipinski definition) is 3. The standard InChI is InChI=1S/C14H27N3O3/c1-3-8-16(4-2)10-7-15-14(20)17-9-5-6-12(17)11-13(18)19/h12H,3-11H2,1-2H3,(H,15,20)(H,18,19). The maximum Gasteiger partial charge on any atom is 0.317 e. The molecule has 0 bridgehead atoms. The third-order valence-corrected chi connectivity index (χ3v) is 3.74. The van der Waals surface area contributed by atoms with Crippen LogP contribution in [-0.2, 0) is 4.79 Å². The SMILES string of the molecule is CCCN(CC)CCNC(=O)N1CCCC1CC(=O)O. The molecule has 6 nitrogen and oxygen atoms in total. The van der Waals surface area contributed by atoms with E-state index in [4.69, 9.17) is 5.11 Å². The van der Waals surface area contributed by atoms with Gasteiger partial charge in [-0.05, 0) is 32.4 Å². The number of nitrogens with one attached hydrogen (secondary N) is 1. The number of likely N-dealkylation sites (tertiary alicyclic amines) is 1. The van der Waals surface area contributed by atoms with Gasteiger partial charge in [0.2, 0.25) is 0 Å². The van der Waals surface area contributed by atoms with Crippen LogP contribution in [0.15, 0.2) is 0 Å². The van der Waals surface area contributed by atoms with Crippen LogP contribution in [0, 0.1) is 0 Å². The van der Waals surface area contributed by atoms with Crippen molar-refractivity contribution < 1.29 is 14.7 Å². The Hall–Kier alpha value is -1.30. The fourth-order valence-corrected chi connectivity index (χ4v) is 2.68. The zero-order chi connectivity index (χ0) is 15.0. The van der Waals surface area contributed by atoms with Crippen molar-refractivity contribution >= 4 is 12.0 Å². The predicted molar refractivity (Wildman–Crippen MR) is 77.8 cm³/mol. The minimum atomic E-state index is -0.838. The number of hydrogen-bond donors (Lipinski definition) is 2. The van der Waals surface area contributed by atoms with E-state index in [1.807, 2.05) is 0 Å². The largest absolute Gasteiger partial charge is 0.481 e. The fourth-order valence-electron chi connectivity index (χ4n) is 2.68. The summed E-state index contributed by atoms with van der Waals surface area (Å²) in [6, 6.07) is -0.272. The number of amides is 2. The van der Waals surface area contributed by atoms with Crippen LogP contribution in [0.25, 0.3) is 0 Å². The van der Waals surface area contributed by atoms with Crippen molar-refractivity contribution in [2.24, 2.45) is 0 Å². The van der Waals surface area contributed by atoms with Gasteiger partial charge in [-0.2, -0.15) is 0 Å². The first kappa shape index (κ1) is 16.8. The molecule has 1 rings (SSSR count). The van der Waals surface area contributed by atoms with E-state index in [-0.39, 0.29) is 18.5 Å². The molecule has 0 saturated carbocycles. The topological polar surface area (TPSA) is 72.9 Å². The molecule has 1 aliphatic heterocycles. The van der Waals surface area contributed by atoms with Gasteiger partial charge in [0, 0.05) is 25.7 Å².